The fraction of sp³-hybridized carbons (Fsp3) is 0.250. The van der Waals surface area contributed by atoms with Crippen LogP contribution in [0.25, 0.3) is 4.85 Å². The monoisotopic (exact) mass is 288 g/mol. The summed E-state index contributed by atoms with van der Waals surface area (Å²) in [4.78, 5) is 7.41. The molecular formula is C8H6Br2N2. The van der Waals surface area contributed by atoms with Crippen molar-refractivity contribution in [2.75, 3.05) is 0 Å². The van der Waals surface area contributed by atoms with Crippen molar-refractivity contribution in [3.8, 4) is 0 Å². The van der Waals surface area contributed by atoms with Gasteiger partial charge in [0.2, 0.25) is 0 Å². The molecule has 1 rings (SSSR count). The Kier molecular flexibility index (Phi) is 3.70. The Balaban J connectivity index is 3.13. The summed E-state index contributed by atoms with van der Waals surface area (Å²) in [7, 11) is 0. The third-order valence-electron chi connectivity index (χ3n) is 1.44. The molecule has 0 aliphatic heterocycles. The first kappa shape index (κ1) is 9.69. The van der Waals surface area contributed by atoms with E-state index in [0.29, 0.717) is 11.1 Å². The van der Waals surface area contributed by atoms with E-state index in [9.17, 15) is 0 Å². The van der Waals surface area contributed by atoms with Gasteiger partial charge < -0.3 is 4.85 Å². The van der Waals surface area contributed by atoms with Crippen molar-refractivity contribution in [1.29, 1.82) is 0 Å². The van der Waals surface area contributed by atoms with Crippen LogP contribution < -0.4 is 0 Å². The van der Waals surface area contributed by atoms with Crippen LogP contribution in [0.4, 0.5) is 5.82 Å². The Morgan fingerprint density at radius 2 is 2.08 bits per heavy atom. The molecule has 0 aliphatic rings. The Labute approximate surface area is 88.1 Å². The van der Waals surface area contributed by atoms with E-state index < -0.39 is 0 Å². The molecule has 0 bridgehead atoms. The zero-order chi connectivity index (χ0) is 8.97. The molecule has 0 saturated carbocycles. The molecule has 62 valence electrons. The summed E-state index contributed by atoms with van der Waals surface area (Å²) < 4.78 is 0. The molecule has 0 aliphatic carbocycles. The number of nitrogens with zero attached hydrogens (tertiary/aromatic N) is 2. The first-order valence-corrected chi connectivity index (χ1v) is 5.54. The van der Waals surface area contributed by atoms with Crippen LogP contribution in [0.1, 0.15) is 11.3 Å². The average molecular weight is 290 g/mol. The Hall–Kier alpha value is -0.400. The maximum atomic E-state index is 6.78. The van der Waals surface area contributed by atoms with Crippen LogP contribution in [-0.2, 0) is 10.7 Å². The normalized spacial score (nSPS) is 9.42. The Bertz CT molecular complexity index is 317. The minimum atomic E-state index is 0.453. The van der Waals surface area contributed by atoms with Gasteiger partial charge in [0.15, 0.2) is 0 Å². The Morgan fingerprint density at radius 3 is 2.58 bits per heavy atom. The van der Waals surface area contributed by atoms with Gasteiger partial charge in [0.05, 0.1) is 5.33 Å². The van der Waals surface area contributed by atoms with E-state index in [0.717, 1.165) is 16.6 Å². The molecule has 2 nitrogen and oxygen atoms in total. The molecule has 4 heteroatoms. The number of halogens is 2. The zero-order valence-electron chi connectivity index (χ0n) is 6.22. The third-order valence-corrected chi connectivity index (χ3v) is 2.57. The Morgan fingerprint density at radius 1 is 1.33 bits per heavy atom. The topological polar surface area (TPSA) is 17.2 Å². The van der Waals surface area contributed by atoms with Crippen molar-refractivity contribution < 1.29 is 0 Å². The van der Waals surface area contributed by atoms with E-state index in [4.69, 9.17) is 6.57 Å². The molecule has 0 amide bonds. The van der Waals surface area contributed by atoms with Gasteiger partial charge in [-0.1, -0.05) is 44.5 Å². The lowest BCUT2D eigenvalue weighted by atomic mass is 10.2. The second-order valence-electron chi connectivity index (χ2n) is 2.15. The van der Waals surface area contributed by atoms with Gasteiger partial charge in [0.1, 0.15) is 5.69 Å². The van der Waals surface area contributed by atoms with Crippen LogP contribution in [0.15, 0.2) is 12.1 Å². The van der Waals surface area contributed by atoms with Crippen molar-refractivity contribution in [2.24, 2.45) is 0 Å². The summed E-state index contributed by atoms with van der Waals surface area (Å²) in [6, 6.07) is 3.65. The molecule has 1 aromatic rings. The fourth-order valence-electron chi connectivity index (χ4n) is 0.818. The van der Waals surface area contributed by atoms with Crippen LogP contribution in [-0.4, -0.2) is 4.98 Å². The van der Waals surface area contributed by atoms with Crippen LogP contribution in [0.3, 0.4) is 0 Å². The largest absolute Gasteiger partial charge is 0.361 e. The summed E-state index contributed by atoms with van der Waals surface area (Å²) in [5.74, 6) is 0.453. The van der Waals surface area contributed by atoms with Gasteiger partial charge in [0.25, 0.3) is 5.82 Å². The van der Waals surface area contributed by atoms with Crippen molar-refractivity contribution >= 4 is 37.7 Å². The van der Waals surface area contributed by atoms with Gasteiger partial charge in [-0.05, 0) is 6.07 Å². The lowest BCUT2D eigenvalue weighted by Gasteiger charge is -1.98. The summed E-state index contributed by atoms with van der Waals surface area (Å²) in [6.45, 7) is 6.78. The molecule has 0 saturated heterocycles. The van der Waals surface area contributed by atoms with E-state index in [1.807, 2.05) is 6.07 Å². The molecule has 0 unspecified atom stereocenters. The maximum absolute atomic E-state index is 6.78. The highest BCUT2D eigenvalue weighted by molar-refractivity contribution is 9.09. The highest BCUT2D eigenvalue weighted by Crippen LogP contribution is 2.18. The number of hydrogen-bond acceptors (Lipinski definition) is 1. The highest BCUT2D eigenvalue weighted by Gasteiger charge is 2.06. The van der Waals surface area contributed by atoms with Gasteiger partial charge in [-0.15, -0.1) is 4.98 Å². The first-order chi connectivity index (χ1) is 5.81. The van der Waals surface area contributed by atoms with Crippen LogP contribution >= 0.6 is 31.9 Å². The van der Waals surface area contributed by atoms with Crippen molar-refractivity contribution in [1.82, 2.24) is 4.98 Å². The number of hydrogen-bond donors (Lipinski definition) is 0. The predicted octanol–water partition coefficient (Wildman–Crippen LogP) is 3.42. The summed E-state index contributed by atoms with van der Waals surface area (Å²) in [5.41, 5.74) is 2.06. The lowest BCUT2D eigenvalue weighted by molar-refractivity contribution is 1.14. The molecule has 0 N–H and O–H groups in total. The first-order valence-electron chi connectivity index (χ1n) is 3.30. The minimum Gasteiger partial charge on any atom is -0.361 e. The van der Waals surface area contributed by atoms with Crippen LogP contribution in [0.5, 0.6) is 0 Å². The van der Waals surface area contributed by atoms with Crippen LogP contribution in [0.2, 0.25) is 0 Å². The quantitative estimate of drug-likeness (QED) is 0.602. The minimum absolute atomic E-state index is 0.453. The molecule has 1 aromatic heterocycles. The van der Waals surface area contributed by atoms with Gasteiger partial charge in [-0.25, -0.2) is 0 Å². The van der Waals surface area contributed by atoms with Gasteiger partial charge >= 0.3 is 0 Å². The molecule has 1 heterocycles. The second kappa shape index (κ2) is 4.58. The molecule has 12 heavy (non-hydrogen) atoms. The molecular weight excluding hydrogens is 284 g/mol. The summed E-state index contributed by atoms with van der Waals surface area (Å²) in [5, 5.41) is 1.47. The lowest BCUT2D eigenvalue weighted by Crippen LogP contribution is -1.91. The molecule has 0 aromatic carbocycles. The standard InChI is InChI=1S/C8H6Br2N2/c1-11-8-3-2-6(4-9)7(5-10)12-8/h2-3H,4-5H2. The van der Waals surface area contributed by atoms with Gasteiger partial charge in [-0.2, -0.15) is 0 Å². The van der Waals surface area contributed by atoms with E-state index in [1.165, 1.54) is 0 Å². The van der Waals surface area contributed by atoms with Crippen molar-refractivity contribution in [2.45, 2.75) is 10.7 Å². The van der Waals surface area contributed by atoms with E-state index in [1.54, 1.807) is 6.07 Å². The summed E-state index contributed by atoms with van der Waals surface area (Å²) in [6.07, 6.45) is 0. The van der Waals surface area contributed by atoms with Gasteiger partial charge in [0, 0.05) is 10.9 Å². The van der Waals surface area contributed by atoms with Crippen molar-refractivity contribution in [3.05, 3.63) is 34.8 Å². The molecule has 0 fully saturated rings. The van der Waals surface area contributed by atoms with Gasteiger partial charge in [-0.3, -0.25) is 0 Å². The molecule has 0 atom stereocenters. The number of aromatic nitrogens is 1. The third kappa shape index (κ3) is 2.05. The van der Waals surface area contributed by atoms with E-state index in [-0.39, 0.29) is 0 Å². The predicted molar refractivity (Wildman–Crippen MR) is 55.8 cm³/mol. The number of alkyl halides is 2. The number of rotatable bonds is 2. The number of pyridine rings is 1. The van der Waals surface area contributed by atoms with Crippen molar-refractivity contribution in [3.63, 3.8) is 0 Å². The fourth-order valence-corrected chi connectivity index (χ4v) is 1.81. The van der Waals surface area contributed by atoms with Crippen LogP contribution in [0, 0.1) is 6.57 Å². The van der Waals surface area contributed by atoms with E-state index in [2.05, 4.69) is 41.7 Å². The highest BCUT2D eigenvalue weighted by atomic mass is 79.9. The molecule has 0 spiro atoms. The maximum Gasteiger partial charge on any atom is 0.269 e. The zero-order valence-corrected chi connectivity index (χ0v) is 9.39. The molecule has 0 radical (unpaired) electrons. The smallest absolute Gasteiger partial charge is 0.269 e. The second-order valence-corrected chi connectivity index (χ2v) is 3.28. The average Bonchev–Trinajstić information content (AvgIpc) is 2.16. The van der Waals surface area contributed by atoms with E-state index >= 15 is 0 Å². The summed E-state index contributed by atoms with van der Waals surface area (Å²) >= 11 is 6.68. The SMILES string of the molecule is [C-]#[N+]c1ccc(CBr)c(CBr)n1.